The van der Waals surface area contributed by atoms with Crippen LogP contribution < -0.4 is 10.6 Å². The molecule has 0 spiro atoms. The fourth-order valence-electron chi connectivity index (χ4n) is 3.61. The monoisotopic (exact) mass is 496 g/mol. The van der Waals surface area contributed by atoms with Crippen molar-refractivity contribution >= 4 is 29.9 Å². The first-order valence-corrected chi connectivity index (χ1v) is 9.96. The van der Waals surface area contributed by atoms with E-state index in [1.807, 2.05) is 10.9 Å². The molecule has 0 bridgehead atoms. The minimum absolute atomic E-state index is 0. The van der Waals surface area contributed by atoms with Gasteiger partial charge in [0.25, 0.3) is 0 Å². The highest BCUT2D eigenvalue weighted by Crippen LogP contribution is 2.20. The van der Waals surface area contributed by atoms with Gasteiger partial charge in [-0.2, -0.15) is 5.10 Å². The molecule has 2 aromatic rings. The summed E-state index contributed by atoms with van der Waals surface area (Å²) in [6.07, 6.45) is 5.07. The van der Waals surface area contributed by atoms with Gasteiger partial charge in [-0.1, -0.05) is 30.3 Å². The molecule has 0 amide bonds. The summed E-state index contributed by atoms with van der Waals surface area (Å²) >= 11 is 0. The molecule has 6 nitrogen and oxygen atoms in total. The smallest absolute Gasteiger partial charge is 0.191 e. The number of hydrogen-bond donors (Lipinski definition) is 2. The molecule has 1 aromatic carbocycles. The summed E-state index contributed by atoms with van der Waals surface area (Å²) in [5, 5.41) is 11.3. The molecule has 2 unspecified atom stereocenters. The van der Waals surface area contributed by atoms with Gasteiger partial charge in [0.2, 0.25) is 0 Å². The highest BCUT2D eigenvalue weighted by molar-refractivity contribution is 14.0. The van der Waals surface area contributed by atoms with Crippen molar-refractivity contribution in [2.24, 2.45) is 4.99 Å². The number of hydrogen-bond acceptors (Lipinski definition) is 3. The van der Waals surface area contributed by atoms with Gasteiger partial charge in [-0.3, -0.25) is 14.6 Å². The standard InChI is InChI=1S/C21H32N6.HI/c1-4-22-21(23-10-11-27-14-17(2)13-24-27)25-20-12-18(3)26(16-20)15-19-8-6-5-7-9-19;/h5-9,13-14,18,20H,4,10-12,15-16H2,1-3H3,(H2,22,23,25);1H. The number of benzene rings is 1. The number of guanidine groups is 1. The van der Waals surface area contributed by atoms with Crippen molar-refractivity contribution in [3.63, 3.8) is 0 Å². The largest absolute Gasteiger partial charge is 0.357 e. The first-order chi connectivity index (χ1) is 13.1. The maximum Gasteiger partial charge on any atom is 0.191 e. The van der Waals surface area contributed by atoms with Crippen LogP contribution in [0.25, 0.3) is 0 Å². The molecule has 154 valence electrons. The summed E-state index contributed by atoms with van der Waals surface area (Å²) in [5.74, 6) is 0.903. The molecule has 0 aliphatic carbocycles. The second kappa shape index (κ2) is 11.4. The van der Waals surface area contributed by atoms with Crippen molar-refractivity contribution in [3.8, 4) is 0 Å². The van der Waals surface area contributed by atoms with Crippen LogP contribution in [0, 0.1) is 6.92 Å². The fourth-order valence-corrected chi connectivity index (χ4v) is 3.61. The van der Waals surface area contributed by atoms with E-state index >= 15 is 0 Å². The second-order valence-electron chi connectivity index (χ2n) is 7.38. The fraction of sp³-hybridized carbons (Fsp3) is 0.524. The summed E-state index contributed by atoms with van der Waals surface area (Å²) in [6.45, 7) is 10.9. The molecule has 28 heavy (non-hydrogen) atoms. The number of aromatic nitrogens is 2. The third kappa shape index (κ3) is 6.77. The Bertz CT molecular complexity index is 730. The quantitative estimate of drug-likeness (QED) is 0.352. The van der Waals surface area contributed by atoms with Gasteiger partial charge in [0.15, 0.2) is 5.96 Å². The Balaban J connectivity index is 0.00000280. The average molecular weight is 496 g/mol. The Hall–Kier alpha value is -1.61. The van der Waals surface area contributed by atoms with Gasteiger partial charge in [-0.25, -0.2) is 0 Å². The average Bonchev–Trinajstić information content (AvgIpc) is 3.21. The molecule has 2 N–H and O–H groups in total. The van der Waals surface area contributed by atoms with Crippen LogP contribution >= 0.6 is 24.0 Å². The summed E-state index contributed by atoms with van der Waals surface area (Å²) in [6, 6.07) is 11.7. The van der Waals surface area contributed by atoms with E-state index in [1.165, 1.54) is 11.1 Å². The molecule has 7 heteroatoms. The van der Waals surface area contributed by atoms with Crippen molar-refractivity contribution in [2.75, 3.05) is 19.6 Å². The number of nitrogens with zero attached hydrogens (tertiary/aromatic N) is 4. The maximum absolute atomic E-state index is 4.73. The Morgan fingerprint density at radius 2 is 2.07 bits per heavy atom. The van der Waals surface area contributed by atoms with Gasteiger partial charge >= 0.3 is 0 Å². The van der Waals surface area contributed by atoms with E-state index in [9.17, 15) is 0 Å². The van der Waals surface area contributed by atoms with E-state index in [0.29, 0.717) is 18.6 Å². The zero-order valence-electron chi connectivity index (χ0n) is 17.1. The third-order valence-electron chi connectivity index (χ3n) is 4.98. The highest BCUT2D eigenvalue weighted by Gasteiger charge is 2.29. The molecular formula is C21H33IN6. The number of nitrogens with one attached hydrogen (secondary N) is 2. The molecule has 0 radical (unpaired) electrons. The second-order valence-corrected chi connectivity index (χ2v) is 7.38. The Morgan fingerprint density at radius 3 is 2.75 bits per heavy atom. The number of likely N-dealkylation sites (tertiary alicyclic amines) is 1. The van der Waals surface area contributed by atoms with Crippen LogP contribution in [0.15, 0.2) is 47.7 Å². The summed E-state index contributed by atoms with van der Waals surface area (Å²) in [4.78, 5) is 7.28. The van der Waals surface area contributed by atoms with Crippen LogP contribution in [0.2, 0.25) is 0 Å². The number of aliphatic imine (C=N–C) groups is 1. The first-order valence-electron chi connectivity index (χ1n) is 9.96. The molecule has 1 aliphatic rings. The molecule has 0 saturated carbocycles. The zero-order valence-corrected chi connectivity index (χ0v) is 19.5. The van der Waals surface area contributed by atoms with Gasteiger partial charge in [-0.15, -0.1) is 24.0 Å². The highest BCUT2D eigenvalue weighted by atomic mass is 127. The van der Waals surface area contributed by atoms with E-state index in [0.717, 1.165) is 38.6 Å². The van der Waals surface area contributed by atoms with Gasteiger partial charge in [0, 0.05) is 37.9 Å². The Morgan fingerprint density at radius 1 is 1.29 bits per heavy atom. The first kappa shape index (κ1) is 22.7. The van der Waals surface area contributed by atoms with Crippen molar-refractivity contribution in [1.29, 1.82) is 0 Å². The molecule has 1 aliphatic heterocycles. The summed E-state index contributed by atoms with van der Waals surface area (Å²) in [5.41, 5.74) is 2.56. The number of halogens is 1. The van der Waals surface area contributed by atoms with Crippen LogP contribution in [0.5, 0.6) is 0 Å². The van der Waals surface area contributed by atoms with E-state index < -0.39 is 0 Å². The van der Waals surface area contributed by atoms with Crippen LogP contribution in [-0.2, 0) is 13.1 Å². The van der Waals surface area contributed by atoms with Gasteiger partial charge in [0.05, 0.1) is 19.3 Å². The summed E-state index contributed by atoms with van der Waals surface area (Å²) < 4.78 is 1.95. The molecule has 3 rings (SSSR count). The van der Waals surface area contributed by atoms with Crippen LogP contribution in [0.1, 0.15) is 31.4 Å². The van der Waals surface area contributed by atoms with E-state index in [-0.39, 0.29) is 24.0 Å². The molecule has 2 heterocycles. The predicted molar refractivity (Wildman–Crippen MR) is 126 cm³/mol. The topological polar surface area (TPSA) is 57.5 Å². The SMILES string of the molecule is CCNC(=NCCn1cc(C)cn1)NC1CC(C)N(Cc2ccccc2)C1.I. The van der Waals surface area contributed by atoms with Gasteiger partial charge in [-0.05, 0) is 38.3 Å². The van der Waals surface area contributed by atoms with Crippen molar-refractivity contribution in [1.82, 2.24) is 25.3 Å². The number of rotatable bonds is 7. The van der Waals surface area contributed by atoms with Gasteiger partial charge in [0.1, 0.15) is 0 Å². The van der Waals surface area contributed by atoms with Crippen LogP contribution in [-0.4, -0.2) is 52.4 Å². The van der Waals surface area contributed by atoms with Crippen molar-refractivity contribution in [2.45, 2.75) is 52.4 Å². The zero-order chi connectivity index (χ0) is 19.1. The summed E-state index contributed by atoms with van der Waals surface area (Å²) in [7, 11) is 0. The van der Waals surface area contributed by atoms with Crippen LogP contribution in [0.3, 0.4) is 0 Å². The molecule has 1 aromatic heterocycles. The molecule has 1 saturated heterocycles. The third-order valence-corrected chi connectivity index (χ3v) is 4.98. The molecule has 2 atom stereocenters. The normalized spacial score (nSPS) is 20.0. The Labute approximate surface area is 185 Å². The minimum atomic E-state index is 0. The lowest BCUT2D eigenvalue weighted by atomic mass is 10.2. The van der Waals surface area contributed by atoms with E-state index in [4.69, 9.17) is 4.99 Å². The lowest BCUT2D eigenvalue weighted by Crippen LogP contribution is -2.44. The van der Waals surface area contributed by atoms with Crippen LogP contribution in [0.4, 0.5) is 0 Å². The lowest BCUT2D eigenvalue weighted by Gasteiger charge is -2.21. The maximum atomic E-state index is 4.73. The lowest BCUT2D eigenvalue weighted by molar-refractivity contribution is 0.258. The minimum Gasteiger partial charge on any atom is -0.357 e. The molecular weight excluding hydrogens is 463 g/mol. The predicted octanol–water partition coefficient (Wildman–Crippen LogP) is 3.03. The Kier molecular flexibility index (Phi) is 9.24. The van der Waals surface area contributed by atoms with Crippen molar-refractivity contribution in [3.05, 3.63) is 53.9 Å². The van der Waals surface area contributed by atoms with E-state index in [2.05, 4.69) is 77.9 Å². The van der Waals surface area contributed by atoms with E-state index in [1.54, 1.807) is 0 Å². The van der Waals surface area contributed by atoms with Crippen molar-refractivity contribution < 1.29 is 0 Å². The molecule has 1 fully saturated rings. The number of aryl methyl sites for hydroxylation is 1. The van der Waals surface area contributed by atoms with Gasteiger partial charge < -0.3 is 10.6 Å².